The highest BCUT2D eigenvalue weighted by Gasteiger charge is 2.11. The average Bonchev–Trinajstić information content (AvgIpc) is 2.37. The smallest absolute Gasteiger partial charge is 0.179 e. The van der Waals surface area contributed by atoms with Crippen molar-refractivity contribution in [2.75, 3.05) is 26.9 Å². The number of aliphatic hydroxyl groups excluding tert-OH is 1. The summed E-state index contributed by atoms with van der Waals surface area (Å²) >= 11 is 6.15. The zero-order chi connectivity index (χ0) is 13.4. The van der Waals surface area contributed by atoms with Crippen molar-refractivity contribution in [1.82, 2.24) is 5.32 Å². The lowest BCUT2D eigenvalue weighted by Gasteiger charge is -2.13. The van der Waals surface area contributed by atoms with E-state index in [2.05, 4.69) is 12.2 Å². The van der Waals surface area contributed by atoms with Gasteiger partial charge in [0.25, 0.3) is 0 Å². The molecule has 1 aromatic carbocycles. The zero-order valence-electron chi connectivity index (χ0n) is 10.8. The zero-order valence-corrected chi connectivity index (χ0v) is 11.6. The first-order valence-electron chi connectivity index (χ1n) is 6.03. The molecule has 0 unspecified atom stereocenters. The average molecular weight is 274 g/mol. The highest BCUT2D eigenvalue weighted by molar-refractivity contribution is 6.32. The van der Waals surface area contributed by atoms with E-state index in [0.717, 1.165) is 25.1 Å². The molecule has 4 nitrogen and oxygen atoms in total. The van der Waals surface area contributed by atoms with Gasteiger partial charge in [-0.3, -0.25) is 0 Å². The molecule has 0 aromatic heterocycles. The van der Waals surface area contributed by atoms with E-state index < -0.39 is 0 Å². The Morgan fingerprint density at radius 1 is 1.39 bits per heavy atom. The predicted molar refractivity (Wildman–Crippen MR) is 72.6 cm³/mol. The van der Waals surface area contributed by atoms with Gasteiger partial charge < -0.3 is 19.9 Å². The Hall–Kier alpha value is -0.970. The topological polar surface area (TPSA) is 50.7 Å². The summed E-state index contributed by atoms with van der Waals surface area (Å²) in [6, 6.07) is 3.74. The van der Waals surface area contributed by atoms with Crippen LogP contribution in [0.2, 0.25) is 5.02 Å². The van der Waals surface area contributed by atoms with Crippen molar-refractivity contribution >= 4 is 11.6 Å². The Morgan fingerprint density at radius 2 is 2.17 bits per heavy atom. The molecule has 0 aliphatic rings. The molecular weight excluding hydrogens is 254 g/mol. The highest BCUT2D eigenvalue weighted by Crippen LogP contribution is 2.36. The van der Waals surface area contributed by atoms with Gasteiger partial charge in [-0.05, 0) is 30.7 Å². The molecule has 102 valence electrons. The number of hydrogen-bond donors (Lipinski definition) is 2. The number of methoxy groups -OCH3 is 1. The van der Waals surface area contributed by atoms with E-state index in [-0.39, 0.29) is 13.2 Å². The first-order valence-corrected chi connectivity index (χ1v) is 6.41. The van der Waals surface area contributed by atoms with Crippen molar-refractivity contribution in [3.05, 3.63) is 22.7 Å². The molecule has 0 bridgehead atoms. The molecular formula is C13H20ClNO3. The molecule has 0 spiro atoms. The third kappa shape index (κ3) is 4.37. The molecule has 1 aromatic rings. The minimum Gasteiger partial charge on any atom is -0.493 e. The van der Waals surface area contributed by atoms with Crippen molar-refractivity contribution in [3.63, 3.8) is 0 Å². The molecule has 1 rings (SSSR count). The molecule has 2 N–H and O–H groups in total. The monoisotopic (exact) mass is 273 g/mol. The summed E-state index contributed by atoms with van der Waals surface area (Å²) in [5, 5.41) is 12.6. The largest absolute Gasteiger partial charge is 0.493 e. The van der Waals surface area contributed by atoms with Gasteiger partial charge in [0.15, 0.2) is 11.5 Å². The second kappa shape index (κ2) is 8.19. The van der Waals surface area contributed by atoms with Crippen molar-refractivity contribution in [2.45, 2.75) is 19.9 Å². The fourth-order valence-corrected chi connectivity index (χ4v) is 1.86. The van der Waals surface area contributed by atoms with Gasteiger partial charge in [-0.1, -0.05) is 18.5 Å². The number of halogens is 1. The van der Waals surface area contributed by atoms with Crippen LogP contribution in [-0.2, 0) is 6.54 Å². The van der Waals surface area contributed by atoms with E-state index in [1.54, 1.807) is 7.11 Å². The molecule has 0 amide bonds. The molecule has 5 heteroatoms. The Balaban J connectivity index is 2.81. The van der Waals surface area contributed by atoms with E-state index in [1.165, 1.54) is 0 Å². The number of rotatable bonds is 8. The lowest BCUT2D eigenvalue weighted by atomic mass is 10.2. The standard InChI is InChI=1S/C13H20ClNO3/c1-3-4-15-9-10-7-11(14)13(18-6-5-16)12(8-10)17-2/h7-8,15-16H,3-6,9H2,1-2H3. The third-order valence-electron chi connectivity index (χ3n) is 2.38. The Labute approximate surface area is 113 Å². The van der Waals surface area contributed by atoms with Crippen LogP contribution in [0.3, 0.4) is 0 Å². The number of benzene rings is 1. The van der Waals surface area contributed by atoms with Crippen molar-refractivity contribution < 1.29 is 14.6 Å². The molecule has 0 radical (unpaired) electrons. The van der Waals surface area contributed by atoms with E-state index in [4.69, 9.17) is 26.2 Å². The lowest BCUT2D eigenvalue weighted by molar-refractivity contribution is 0.196. The summed E-state index contributed by atoms with van der Waals surface area (Å²) in [5.41, 5.74) is 1.04. The van der Waals surface area contributed by atoms with Crippen LogP contribution in [0.15, 0.2) is 12.1 Å². The Bertz CT molecular complexity index is 371. The van der Waals surface area contributed by atoms with Crippen LogP contribution in [0.1, 0.15) is 18.9 Å². The van der Waals surface area contributed by atoms with Crippen LogP contribution >= 0.6 is 11.6 Å². The van der Waals surface area contributed by atoms with Gasteiger partial charge in [-0.25, -0.2) is 0 Å². The van der Waals surface area contributed by atoms with Gasteiger partial charge in [0.05, 0.1) is 18.7 Å². The summed E-state index contributed by atoms with van der Waals surface area (Å²) in [5.74, 6) is 1.07. The predicted octanol–water partition coefficient (Wildman–Crippen LogP) is 2.22. The minimum atomic E-state index is -0.0563. The van der Waals surface area contributed by atoms with Gasteiger partial charge in [-0.15, -0.1) is 0 Å². The van der Waals surface area contributed by atoms with Crippen LogP contribution in [0.25, 0.3) is 0 Å². The van der Waals surface area contributed by atoms with Gasteiger partial charge in [0.1, 0.15) is 6.61 Å². The molecule has 0 atom stereocenters. The maximum atomic E-state index is 8.76. The first kappa shape index (κ1) is 15.1. The Morgan fingerprint density at radius 3 is 2.78 bits per heavy atom. The molecule has 0 aliphatic carbocycles. The second-order valence-electron chi connectivity index (χ2n) is 3.86. The molecule has 0 aliphatic heterocycles. The number of aliphatic hydroxyl groups is 1. The Kier molecular flexibility index (Phi) is 6.86. The maximum Gasteiger partial charge on any atom is 0.179 e. The number of ether oxygens (including phenoxy) is 2. The fourth-order valence-electron chi connectivity index (χ4n) is 1.57. The third-order valence-corrected chi connectivity index (χ3v) is 2.66. The van der Waals surface area contributed by atoms with Crippen LogP contribution in [-0.4, -0.2) is 32.0 Å². The number of nitrogens with one attached hydrogen (secondary N) is 1. The highest BCUT2D eigenvalue weighted by atomic mass is 35.5. The minimum absolute atomic E-state index is 0.0563. The molecule has 0 saturated heterocycles. The van der Waals surface area contributed by atoms with E-state index >= 15 is 0 Å². The van der Waals surface area contributed by atoms with Gasteiger partial charge in [0.2, 0.25) is 0 Å². The van der Waals surface area contributed by atoms with E-state index in [1.807, 2.05) is 12.1 Å². The summed E-state index contributed by atoms with van der Waals surface area (Å²) < 4.78 is 10.6. The van der Waals surface area contributed by atoms with Crippen LogP contribution in [0.4, 0.5) is 0 Å². The van der Waals surface area contributed by atoms with Crippen LogP contribution in [0, 0.1) is 0 Å². The van der Waals surface area contributed by atoms with Gasteiger partial charge >= 0.3 is 0 Å². The van der Waals surface area contributed by atoms with Crippen LogP contribution < -0.4 is 14.8 Å². The normalized spacial score (nSPS) is 10.4. The molecule has 0 saturated carbocycles. The molecule has 0 fully saturated rings. The van der Waals surface area contributed by atoms with Crippen molar-refractivity contribution in [3.8, 4) is 11.5 Å². The molecule has 18 heavy (non-hydrogen) atoms. The van der Waals surface area contributed by atoms with Gasteiger partial charge in [0, 0.05) is 6.54 Å². The quantitative estimate of drug-likeness (QED) is 0.713. The lowest BCUT2D eigenvalue weighted by Crippen LogP contribution is -2.14. The summed E-state index contributed by atoms with van der Waals surface area (Å²) in [4.78, 5) is 0. The summed E-state index contributed by atoms with van der Waals surface area (Å²) in [6.07, 6.45) is 1.09. The van der Waals surface area contributed by atoms with Crippen LogP contribution in [0.5, 0.6) is 11.5 Å². The second-order valence-corrected chi connectivity index (χ2v) is 4.27. The van der Waals surface area contributed by atoms with E-state index in [0.29, 0.717) is 16.5 Å². The summed E-state index contributed by atoms with van der Waals surface area (Å²) in [6.45, 7) is 3.96. The van der Waals surface area contributed by atoms with Gasteiger partial charge in [-0.2, -0.15) is 0 Å². The SMILES string of the molecule is CCCNCc1cc(Cl)c(OCCO)c(OC)c1. The first-order chi connectivity index (χ1) is 8.72. The van der Waals surface area contributed by atoms with E-state index in [9.17, 15) is 0 Å². The maximum absolute atomic E-state index is 8.76. The fraction of sp³-hybridized carbons (Fsp3) is 0.538. The number of hydrogen-bond acceptors (Lipinski definition) is 4. The molecule has 0 heterocycles. The summed E-state index contributed by atoms with van der Waals surface area (Å²) in [7, 11) is 1.57. The van der Waals surface area contributed by atoms with Crippen molar-refractivity contribution in [2.24, 2.45) is 0 Å². The van der Waals surface area contributed by atoms with Crippen molar-refractivity contribution in [1.29, 1.82) is 0 Å².